The number of carbonyl (C=O) groups is 3. The first kappa shape index (κ1) is 20.4. The molecular weight excluding hydrogens is 370 g/mol. The van der Waals surface area contributed by atoms with E-state index in [0.29, 0.717) is 5.56 Å². The van der Waals surface area contributed by atoms with Crippen LogP contribution < -0.4 is 10.2 Å². The normalized spacial score (nSPS) is 9.96. The average molecular weight is 389 g/mol. The monoisotopic (exact) mass is 389 g/mol. The van der Waals surface area contributed by atoms with E-state index in [1.165, 1.54) is 13.3 Å². The predicted octanol–water partition coefficient (Wildman–Crippen LogP) is 1.65. The largest absolute Gasteiger partial charge is 0.464 e. The number of H-pyrrole nitrogens is 1. The summed E-state index contributed by atoms with van der Waals surface area (Å²) in [5, 5.41) is 10.2. The average Bonchev–Trinajstić information content (AvgIpc) is 3.11. The Hall–Kier alpha value is -3.89. The first-order chi connectivity index (χ1) is 13.4. The van der Waals surface area contributed by atoms with Crippen molar-refractivity contribution in [2.24, 2.45) is 0 Å². The van der Waals surface area contributed by atoms with Gasteiger partial charge in [0.1, 0.15) is 5.69 Å². The first-order valence-corrected chi connectivity index (χ1v) is 7.92. The molecular formula is C17H19N5O6. The zero-order chi connectivity index (χ0) is 20.7. The van der Waals surface area contributed by atoms with E-state index in [-0.39, 0.29) is 17.8 Å². The maximum atomic E-state index is 12.4. The molecule has 0 bridgehead atoms. The number of amides is 2. The number of pyridine rings is 1. The molecule has 0 spiro atoms. The van der Waals surface area contributed by atoms with Crippen LogP contribution >= 0.6 is 0 Å². The number of nitrogens with one attached hydrogen (secondary N) is 3. The van der Waals surface area contributed by atoms with E-state index >= 15 is 0 Å². The van der Waals surface area contributed by atoms with Crippen LogP contribution in [0.25, 0.3) is 0 Å². The molecule has 2 aromatic rings. The summed E-state index contributed by atoms with van der Waals surface area (Å²) in [5.74, 6) is -1.44. The van der Waals surface area contributed by atoms with Crippen molar-refractivity contribution in [1.29, 1.82) is 5.41 Å². The summed E-state index contributed by atoms with van der Waals surface area (Å²) in [4.78, 5) is 43.6. The van der Waals surface area contributed by atoms with Crippen molar-refractivity contribution in [3.63, 3.8) is 0 Å². The molecule has 2 aromatic heterocycles. The van der Waals surface area contributed by atoms with Gasteiger partial charge in [0.25, 0.3) is 0 Å². The van der Waals surface area contributed by atoms with Gasteiger partial charge >= 0.3 is 18.2 Å². The van der Waals surface area contributed by atoms with Crippen molar-refractivity contribution < 1.29 is 28.6 Å². The topological polar surface area (TPSA) is 147 Å². The van der Waals surface area contributed by atoms with Gasteiger partial charge in [-0.3, -0.25) is 15.7 Å². The van der Waals surface area contributed by atoms with Gasteiger partial charge in [-0.05, 0) is 17.2 Å². The zero-order valence-corrected chi connectivity index (χ0v) is 15.4. The van der Waals surface area contributed by atoms with Crippen molar-refractivity contribution in [1.82, 2.24) is 15.3 Å². The summed E-state index contributed by atoms with van der Waals surface area (Å²) in [6, 6.07) is 3.55. The SMILES string of the molecule is COC(=O)NC(=N)N(C(=O)OC)c1c(Cc2cccnc2)c[nH]c1C(=O)OC. The molecule has 28 heavy (non-hydrogen) atoms. The second-order valence-corrected chi connectivity index (χ2v) is 5.34. The quantitative estimate of drug-likeness (QED) is 0.312. The smallest absolute Gasteiger partial charge is 0.421 e. The third-order valence-electron chi connectivity index (χ3n) is 3.65. The molecule has 0 radical (unpaired) electrons. The lowest BCUT2D eigenvalue weighted by molar-refractivity contribution is 0.0595. The third-order valence-corrected chi connectivity index (χ3v) is 3.65. The standard InChI is InChI=1S/C17H19N5O6/c1-26-14(23)12-13(11(9-20-12)7-10-5-4-6-19-8-10)22(17(25)28-3)15(18)21-16(24)27-2/h4-6,8-9,20H,7H2,1-3H3,(H2,18,21,24). The van der Waals surface area contributed by atoms with Crippen molar-refractivity contribution in [3.05, 3.63) is 47.5 Å². The van der Waals surface area contributed by atoms with Crippen LogP contribution in [0.5, 0.6) is 0 Å². The fourth-order valence-electron chi connectivity index (χ4n) is 2.42. The lowest BCUT2D eigenvalue weighted by Gasteiger charge is -2.23. The number of carbonyl (C=O) groups excluding carboxylic acids is 3. The molecule has 0 aliphatic rings. The minimum atomic E-state index is -1.00. The Morgan fingerprint density at radius 3 is 2.54 bits per heavy atom. The van der Waals surface area contributed by atoms with E-state index in [4.69, 9.17) is 14.9 Å². The number of alkyl carbamates (subject to hydrolysis) is 1. The van der Waals surface area contributed by atoms with Crippen molar-refractivity contribution in [3.8, 4) is 0 Å². The van der Waals surface area contributed by atoms with Crippen molar-refractivity contribution >= 4 is 29.8 Å². The van der Waals surface area contributed by atoms with Gasteiger partial charge in [-0.15, -0.1) is 0 Å². The van der Waals surface area contributed by atoms with E-state index in [2.05, 4.69) is 20.0 Å². The lowest BCUT2D eigenvalue weighted by atomic mass is 10.1. The highest BCUT2D eigenvalue weighted by molar-refractivity contribution is 6.18. The van der Waals surface area contributed by atoms with Crippen LogP contribution in [0.3, 0.4) is 0 Å². The number of aromatic nitrogens is 2. The number of guanidine groups is 1. The summed E-state index contributed by atoms with van der Waals surface area (Å²) in [7, 11) is 3.38. The summed E-state index contributed by atoms with van der Waals surface area (Å²) >= 11 is 0. The van der Waals surface area contributed by atoms with Crippen molar-refractivity contribution in [2.75, 3.05) is 26.2 Å². The molecule has 11 nitrogen and oxygen atoms in total. The minimum Gasteiger partial charge on any atom is -0.464 e. The van der Waals surface area contributed by atoms with Crippen LogP contribution in [-0.4, -0.2) is 55.4 Å². The molecule has 0 unspecified atom stereocenters. The molecule has 0 aliphatic heterocycles. The van der Waals surface area contributed by atoms with Crippen LogP contribution in [0.1, 0.15) is 21.6 Å². The molecule has 0 aromatic carbocycles. The molecule has 3 N–H and O–H groups in total. The molecule has 2 amide bonds. The van der Waals surface area contributed by atoms with Crippen LogP contribution in [-0.2, 0) is 20.6 Å². The summed E-state index contributed by atoms with van der Waals surface area (Å²) < 4.78 is 13.9. The van der Waals surface area contributed by atoms with E-state index in [1.807, 2.05) is 6.07 Å². The number of aromatic amines is 1. The van der Waals surface area contributed by atoms with Gasteiger partial charge in [-0.2, -0.15) is 0 Å². The van der Waals surface area contributed by atoms with Gasteiger partial charge in [-0.25, -0.2) is 19.3 Å². The van der Waals surface area contributed by atoms with Gasteiger partial charge in [0.15, 0.2) is 0 Å². The van der Waals surface area contributed by atoms with Crippen LogP contribution in [0.4, 0.5) is 15.3 Å². The summed E-state index contributed by atoms with van der Waals surface area (Å²) in [6.45, 7) is 0. The zero-order valence-electron chi connectivity index (χ0n) is 15.4. The molecule has 0 atom stereocenters. The minimum absolute atomic E-state index is 0.00366. The van der Waals surface area contributed by atoms with Crippen molar-refractivity contribution in [2.45, 2.75) is 6.42 Å². The fraction of sp³-hybridized carbons (Fsp3) is 0.235. The fourth-order valence-corrected chi connectivity index (χ4v) is 2.42. The van der Waals surface area contributed by atoms with E-state index < -0.39 is 24.1 Å². The maximum absolute atomic E-state index is 12.4. The lowest BCUT2D eigenvalue weighted by Crippen LogP contribution is -2.47. The highest BCUT2D eigenvalue weighted by atomic mass is 16.5. The summed E-state index contributed by atoms with van der Waals surface area (Å²) in [5.41, 5.74) is 1.17. The highest BCUT2D eigenvalue weighted by Gasteiger charge is 2.32. The Morgan fingerprint density at radius 2 is 1.96 bits per heavy atom. The van der Waals surface area contributed by atoms with Crippen LogP contribution in [0, 0.1) is 5.41 Å². The second-order valence-electron chi connectivity index (χ2n) is 5.34. The highest BCUT2D eigenvalue weighted by Crippen LogP contribution is 2.29. The molecule has 0 fully saturated rings. The van der Waals surface area contributed by atoms with E-state index in [9.17, 15) is 14.4 Å². The maximum Gasteiger partial charge on any atom is 0.421 e. The number of nitrogens with zero attached hydrogens (tertiary/aromatic N) is 2. The third kappa shape index (κ3) is 4.44. The second kappa shape index (κ2) is 9.16. The van der Waals surface area contributed by atoms with E-state index in [1.54, 1.807) is 18.5 Å². The molecule has 11 heteroatoms. The number of esters is 1. The molecule has 0 saturated carbocycles. The van der Waals surface area contributed by atoms with E-state index in [0.717, 1.165) is 24.7 Å². The van der Waals surface area contributed by atoms with Crippen LogP contribution in [0.15, 0.2) is 30.7 Å². The Morgan fingerprint density at radius 1 is 1.21 bits per heavy atom. The number of methoxy groups -OCH3 is 3. The Bertz CT molecular complexity index is 879. The number of hydrogen-bond donors (Lipinski definition) is 3. The number of hydrogen-bond acceptors (Lipinski definition) is 8. The molecule has 2 rings (SSSR count). The Kier molecular flexibility index (Phi) is 6.68. The van der Waals surface area contributed by atoms with Gasteiger partial charge in [-0.1, -0.05) is 6.07 Å². The molecule has 148 valence electrons. The number of rotatable bonds is 4. The molecule has 2 heterocycles. The molecule has 0 saturated heterocycles. The van der Waals surface area contributed by atoms with Gasteiger partial charge in [0.2, 0.25) is 5.96 Å². The van der Waals surface area contributed by atoms with Gasteiger partial charge in [0, 0.05) is 25.0 Å². The molecule has 0 aliphatic carbocycles. The summed E-state index contributed by atoms with van der Waals surface area (Å²) in [6.07, 6.45) is 3.03. The predicted molar refractivity (Wildman–Crippen MR) is 97.3 cm³/mol. The number of ether oxygens (including phenoxy) is 3. The van der Waals surface area contributed by atoms with Gasteiger partial charge in [0.05, 0.1) is 27.0 Å². The Labute approximate surface area is 160 Å². The Balaban J connectivity index is 2.56. The first-order valence-electron chi connectivity index (χ1n) is 7.92. The van der Waals surface area contributed by atoms with Gasteiger partial charge < -0.3 is 19.2 Å². The van der Waals surface area contributed by atoms with Crippen LogP contribution in [0.2, 0.25) is 0 Å². The number of anilines is 1.